The fraction of sp³-hybridized carbons (Fsp3) is 0. The second-order valence-electron chi connectivity index (χ2n) is 13.6. The van der Waals surface area contributed by atoms with Crippen LogP contribution in [0.25, 0.3) is 98.8 Å². The molecule has 55 heavy (non-hydrogen) atoms. The van der Waals surface area contributed by atoms with Crippen LogP contribution in [0.3, 0.4) is 0 Å². The summed E-state index contributed by atoms with van der Waals surface area (Å²) >= 11 is 1.84. The van der Waals surface area contributed by atoms with Crippen LogP contribution in [0.5, 0.6) is 0 Å². The maximum Gasteiger partial charge on any atom is 0.164 e. The Labute approximate surface area is 323 Å². The average molecular weight is 720 g/mol. The highest BCUT2D eigenvalue weighted by atomic mass is 32.1. The third-order valence-corrected chi connectivity index (χ3v) is 11.4. The number of hydrogen-bond acceptors (Lipinski definition) is 4. The molecule has 3 nitrogen and oxygen atoms in total. The zero-order chi connectivity index (χ0) is 36.6. The summed E-state index contributed by atoms with van der Waals surface area (Å²) in [7, 11) is 0. The van der Waals surface area contributed by atoms with E-state index < -0.39 is 0 Å². The average Bonchev–Trinajstić information content (AvgIpc) is 3.66. The number of benzene rings is 8. The molecule has 2 aromatic heterocycles. The van der Waals surface area contributed by atoms with Crippen molar-refractivity contribution >= 4 is 31.5 Å². The van der Waals surface area contributed by atoms with Gasteiger partial charge in [0.25, 0.3) is 0 Å². The minimum atomic E-state index is 0.630. The van der Waals surface area contributed by atoms with Crippen molar-refractivity contribution in [1.29, 1.82) is 0 Å². The van der Waals surface area contributed by atoms with Crippen molar-refractivity contribution in [1.82, 2.24) is 15.0 Å². The predicted octanol–water partition coefficient (Wildman–Crippen LogP) is 13.9. The largest absolute Gasteiger partial charge is 0.208 e. The molecular formula is C51H33N3S. The Morgan fingerprint density at radius 3 is 1.33 bits per heavy atom. The van der Waals surface area contributed by atoms with Crippen molar-refractivity contribution in [3.05, 3.63) is 200 Å². The number of fused-ring (bicyclic) bond motifs is 3. The normalized spacial score (nSPS) is 11.3. The summed E-state index contributed by atoms with van der Waals surface area (Å²) in [6.45, 7) is 0. The van der Waals surface area contributed by atoms with Gasteiger partial charge in [-0.15, -0.1) is 11.3 Å². The standard InChI is InChI=1S/C51H33N3S/c1-3-13-34(14-4-1)36-27-29-37(30-28-36)49-52-50(42-21-10-19-40(32-42)39-18-9-17-38(31-39)35-15-5-2-6-16-35)54-51(53-49)43-22-11-20-41(33-43)44-24-12-25-46-45-23-7-8-26-47(45)55-48(44)46/h1-33H. The van der Waals surface area contributed by atoms with Gasteiger partial charge in [0.1, 0.15) is 0 Å². The van der Waals surface area contributed by atoms with Gasteiger partial charge in [-0.1, -0.05) is 176 Å². The molecule has 0 spiro atoms. The van der Waals surface area contributed by atoms with Crippen molar-refractivity contribution in [3.8, 4) is 78.7 Å². The van der Waals surface area contributed by atoms with Crippen LogP contribution >= 0.6 is 11.3 Å². The summed E-state index contributed by atoms with van der Waals surface area (Å²) in [6.07, 6.45) is 0. The van der Waals surface area contributed by atoms with Gasteiger partial charge in [-0.2, -0.15) is 0 Å². The van der Waals surface area contributed by atoms with Crippen LogP contribution in [0.1, 0.15) is 0 Å². The van der Waals surface area contributed by atoms with Crippen LogP contribution in [0.2, 0.25) is 0 Å². The molecule has 0 aliphatic heterocycles. The molecule has 10 aromatic rings. The van der Waals surface area contributed by atoms with Gasteiger partial charge >= 0.3 is 0 Å². The lowest BCUT2D eigenvalue weighted by Gasteiger charge is -2.12. The van der Waals surface area contributed by atoms with Gasteiger partial charge in [0.05, 0.1) is 0 Å². The molecule has 0 amide bonds. The van der Waals surface area contributed by atoms with E-state index in [-0.39, 0.29) is 0 Å². The molecule has 4 heteroatoms. The molecule has 0 aliphatic carbocycles. The van der Waals surface area contributed by atoms with E-state index >= 15 is 0 Å². The summed E-state index contributed by atoms with van der Waals surface area (Å²) < 4.78 is 2.57. The monoisotopic (exact) mass is 719 g/mol. The van der Waals surface area contributed by atoms with Crippen molar-refractivity contribution in [2.24, 2.45) is 0 Å². The number of nitrogens with zero attached hydrogens (tertiary/aromatic N) is 3. The Balaban J connectivity index is 1.09. The van der Waals surface area contributed by atoms with Gasteiger partial charge in [0.15, 0.2) is 17.5 Å². The van der Waals surface area contributed by atoms with Crippen molar-refractivity contribution in [2.45, 2.75) is 0 Å². The minimum absolute atomic E-state index is 0.630. The van der Waals surface area contributed by atoms with Gasteiger partial charge < -0.3 is 0 Å². The summed E-state index contributed by atoms with van der Waals surface area (Å²) in [5.74, 6) is 1.90. The number of rotatable bonds is 7. The van der Waals surface area contributed by atoms with Crippen LogP contribution in [0.4, 0.5) is 0 Å². The molecular weight excluding hydrogens is 687 g/mol. The highest BCUT2D eigenvalue weighted by Gasteiger charge is 2.16. The molecule has 0 N–H and O–H groups in total. The fourth-order valence-electron chi connectivity index (χ4n) is 7.35. The maximum absolute atomic E-state index is 5.18. The molecule has 0 unspecified atom stereocenters. The summed E-state index contributed by atoms with van der Waals surface area (Å²) in [6, 6.07) is 70.4. The van der Waals surface area contributed by atoms with Crippen molar-refractivity contribution < 1.29 is 0 Å². The van der Waals surface area contributed by atoms with E-state index in [1.54, 1.807) is 0 Å². The Morgan fingerprint density at radius 2 is 0.673 bits per heavy atom. The third-order valence-electron chi connectivity index (χ3n) is 10.1. The maximum atomic E-state index is 5.18. The summed E-state index contributed by atoms with van der Waals surface area (Å²) in [5, 5.41) is 2.57. The van der Waals surface area contributed by atoms with Gasteiger partial charge in [0, 0.05) is 36.9 Å². The van der Waals surface area contributed by atoms with Crippen molar-refractivity contribution in [3.63, 3.8) is 0 Å². The van der Waals surface area contributed by atoms with Crippen LogP contribution in [-0.2, 0) is 0 Å². The fourth-order valence-corrected chi connectivity index (χ4v) is 8.59. The Morgan fingerprint density at radius 1 is 0.273 bits per heavy atom. The van der Waals surface area contributed by atoms with Gasteiger partial charge in [-0.25, -0.2) is 15.0 Å². The molecule has 0 saturated heterocycles. The number of hydrogen-bond donors (Lipinski definition) is 0. The van der Waals surface area contributed by atoms with E-state index in [9.17, 15) is 0 Å². The molecule has 0 bridgehead atoms. The lowest BCUT2D eigenvalue weighted by Crippen LogP contribution is -2.00. The lowest BCUT2D eigenvalue weighted by atomic mass is 9.98. The van der Waals surface area contributed by atoms with E-state index in [1.165, 1.54) is 42.4 Å². The molecule has 2 heterocycles. The van der Waals surface area contributed by atoms with Gasteiger partial charge in [-0.05, 0) is 68.8 Å². The molecule has 0 saturated carbocycles. The topological polar surface area (TPSA) is 38.7 Å². The van der Waals surface area contributed by atoms with Crippen LogP contribution < -0.4 is 0 Å². The smallest absolute Gasteiger partial charge is 0.164 e. The highest BCUT2D eigenvalue weighted by molar-refractivity contribution is 7.26. The lowest BCUT2D eigenvalue weighted by molar-refractivity contribution is 1.07. The Bertz CT molecular complexity index is 2970. The van der Waals surface area contributed by atoms with E-state index in [0.29, 0.717) is 17.5 Å². The van der Waals surface area contributed by atoms with E-state index in [1.807, 2.05) is 23.5 Å². The number of thiophene rings is 1. The van der Waals surface area contributed by atoms with E-state index in [0.717, 1.165) is 38.9 Å². The van der Waals surface area contributed by atoms with Crippen LogP contribution in [0.15, 0.2) is 200 Å². The van der Waals surface area contributed by atoms with Gasteiger partial charge in [-0.3, -0.25) is 0 Å². The first-order valence-corrected chi connectivity index (χ1v) is 19.2. The third kappa shape index (κ3) is 6.39. The summed E-state index contributed by atoms with van der Waals surface area (Å²) in [4.78, 5) is 15.4. The Hall–Kier alpha value is -7.01. The predicted molar refractivity (Wildman–Crippen MR) is 231 cm³/mol. The van der Waals surface area contributed by atoms with Crippen molar-refractivity contribution in [2.75, 3.05) is 0 Å². The molecule has 8 aromatic carbocycles. The highest BCUT2D eigenvalue weighted by Crippen LogP contribution is 2.40. The second kappa shape index (κ2) is 14.1. The SMILES string of the molecule is c1ccc(-c2ccc(-c3nc(-c4cccc(-c5cccc(-c6ccccc6)c5)c4)nc(-c4cccc(-c5cccc6c5sc5ccccc56)c4)n3)cc2)cc1. The van der Waals surface area contributed by atoms with E-state index in [4.69, 9.17) is 15.0 Å². The molecule has 10 rings (SSSR count). The van der Waals surface area contributed by atoms with Crippen LogP contribution in [0, 0.1) is 0 Å². The quantitative estimate of drug-likeness (QED) is 0.165. The molecule has 258 valence electrons. The first kappa shape index (κ1) is 32.6. The summed E-state index contributed by atoms with van der Waals surface area (Å²) in [5.41, 5.74) is 12.1. The van der Waals surface area contributed by atoms with Gasteiger partial charge in [0.2, 0.25) is 0 Å². The number of aromatic nitrogens is 3. The molecule has 0 aliphatic rings. The zero-order valence-corrected chi connectivity index (χ0v) is 30.6. The molecule has 0 atom stereocenters. The minimum Gasteiger partial charge on any atom is -0.208 e. The molecule has 0 radical (unpaired) electrons. The second-order valence-corrected chi connectivity index (χ2v) is 14.7. The first-order valence-electron chi connectivity index (χ1n) is 18.4. The van der Waals surface area contributed by atoms with Crippen LogP contribution in [-0.4, -0.2) is 15.0 Å². The molecule has 0 fully saturated rings. The zero-order valence-electron chi connectivity index (χ0n) is 29.8. The Kier molecular flexibility index (Phi) is 8.36. The van der Waals surface area contributed by atoms with E-state index in [2.05, 4.69) is 188 Å². The first-order chi connectivity index (χ1) is 27.2.